The third-order valence-electron chi connectivity index (χ3n) is 2.93. The van der Waals surface area contributed by atoms with Crippen LogP contribution in [0.15, 0.2) is 18.2 Å². The fraction of sp³-hybridized carbons (Fsp3) is 0.417. The average Bonchev–Trinajstić information content (AvgIpc) is 2.17. The molecule has 1 N–H and O–H groups in total. The molecule has 0 atom stereocenters. The van der Waals surface area contributed by atoms with E-state index in [1.165, 1.54) is 6.07 Å². The summed E-state index contributed by atoms with van der Waals surface area (Å²) >= 11 is 5.63. The largest absolute Gasteiger partial charge is 0.481 e. The number of carboxylic acid groups (broad SMARTS) is 1. The predicted octanol–water partition coefficient (Wildman–Crippen LogP) is 2.86. The van der Waals surface area contributed by atoms with Gasteiger partial charge in [-0.1, -0.05) is 17.7 Å². The monoisotopic (exact) mass is 258 g/mol. The number of benzene rings is 1. The molecular weight excluding hydrogens is 247 g/mol. The second-order valence-corrected chi connectivity index (χ2v) is 4.61. The van der Waals surface area contributed by atoms with Gasteiger partial charge in [0.15, 0.2) is 0 Å². The summed E-state index contributed by atoms with van der Waals surface area (Å²) in [6.07, 6.45) is 0.931. The van der Waals surface area contributed by atoms with Gasteiger partial charge in [-0.3, -0.25) is 4.79 Å². The third kappa shape index (κ3) is 2.96. The molecule has 0 radical (unpaired) electrons. The van der Waals surface area contributed by atoms with Crippen molar-refractivity contribution in [1.82, 2.24) is 0 Å². The highest BCUT2D eigenvalue weighted by Crippen LogP contribution is 2.31. The van der Waals surface area contributed by atoms with Gasteiger partial charge in [0.1, 0.15) is 5.82 Å². The van der Waals surface area contributed by atoms with Crippen molar-refractivity contribution >= 4 is 17.6 Å². The molecule has 1 aromatic carbocycles. The number of ether oxygens (including phenoxy) is 1. The maximum absolute atomic E-state index is 13.4. The molecule has 0 heterocycles. The summed E-state index contributed by atoms with van der Waals surface area (Å²) in [5.74, 6) is -1.50. The van der Waals surface area contributed by atoms with Crippen LogP contribution in [-0.4, -0.2) is 17.2 Å². The Hall–Kier alpha value is -1.13. The molecule has 3 nitrogen and oxygen atoms in total. The average molecular weight is 259 g/mol. The first-order chi connectivity index (χ1) is 8.06. The second kappa shape index (κ2) is 5.02. The minimum absolute atomic E-state index is 0.0776. The first kappa shape index (κ1) is 12.3. The van der Waals surface area contributed by atoms with E-state index in [0.717, 1.165) is 0 Å². The lowest BCUT2D eigenvalue weighted by molar-refractivity contribution is -0.151. The highest BCUT2D eigenvalue weighted by atomic mass is 35.5. The summed E-state index contributed by atoms with van der Waals surface area (Å²) in [5.41, 5.74) is 0.438. The molecule has 0 aromatic heterocycles. The van der Waals surface area contributed by atoms with Crippen LogP contribution in [0.1, 0.15) is 18.4 Å². The van der Waals surface area contributed by atoms with Crippen LogP contribution in [0.4, 0.5) is 4.39 Å². The molecule has 1 saturated carbocycles. The normalized spacial score (nSPS) is 23.2. The Bertz CT molecular complexity index is 430. The zero-order valence-electron chi connectivity index (χ0n) is 9.03. The Kier molecular flexibility index (Phi) is 3.64. The number of hydrogen-bond donors (Lipinski definition) is 1. The Morgan fingerprint density at radius 2 is 2.24 bits per heavy atom. The van der Waals surface area contributed by atoms with Crippen LogP contribution < -0.4 is 0 Å². The zero-order valence-corrected chi connectivity index (χ0v) is 9.78. The van der Waals surface area contributed by atoms with E-state index in [1.54, 1.807) is 12.1 Å². The van der Waals surface area contributed by atoms with Gasteiger partial charge in [0.05, 0.1) is 18.6 Å². The lowest BCUT2D eigenvalue weighted by atomic mass is 9.82. The first-order valence-corrected chi connectivity index (χ1v) is 5.72. The van der Waals surface area contributed by atoms with Crippen molar-refractivity contribution in [3.63, 3.8) is 0 Å². The third-order valence-corrected chi connectivity index (χ3v) is 3.17. The van der Waals surface area contributed by atoms with Crippen molar-refractivity contribution in [2.75, 3.05) is 0 Å². The molecule has 17 heavy (non-hydrogen) atoms. The van der Waals surface area contributed by atoms with Crippen LogP contribution in [0.5, 0.6) is 0 Å². The Balaban J connectivity index is 1.81. The van der Waals surface area contributed by atoms with Crippen LogP contribution in [0.2, 0.25) is 5.02 Å². The van der Waals surface area contributed by atoms with E-state index in [2.05, 4.69) is 0 Å². The minimum atomic E-state index is -0.789. The number of carbonyl (C=O) groups is 1. The molecular formula is C12H12ClFO3. The summed E-state index contributed by atoms with van der Waals surface area (Å²) in [5, 5.41) is 9.03. The molecule has 1 aromatic rings. The quantitative estimate of drug-likeness (QED) is 0.903. The lowest BCUT2D eigenvalue weighted by Gasteiger charge is -2.32. The fourth-order valence-corrected chi connectivity index (χ4v) is 1.91. The first-order valence-electron chi connectivity index (χ1n) is 5.34. The summed E-state index contributed by atoms with van der Waals surface area (Å²) in [6.45, 7) is 0.153. The molecule has 1 fully saturated rings. The Morgan fingerprint density at radius 3 is 2.82 bits per heavy atom. The minimum Gasteiger partial charge on any atom is -0.481 e. The molecule has 0 unspecified atom stereocenters. The molecule has 92 valence electrons. The van der Waals surface area contributed by atoms with Gasteiger partial charge in [0.25, 0.3) is 0 Å². The SMILES string of the molecule is O=C(O)[C@H]1C[C@H](OCc2ccc(Cl)cc2F)C1. The van der Waals surface area contributed by atoms with E-state index < -0.39 is 11.8 Å². The Labute approximate surface area is 103 Å². The summed E-state index contributed by atoms with van der Waals surface area (Å²) < 4.78 is 18.8. The lowest BCUT2D eigenvalue weighted by Crippen LogP contribution is -2.36. The number of halogens is 2. The summed E-state index contributed by atoms with van der Waals surface area (Å²) in [7, 11) is 0. The molecule has 0 spiro atoms. The molecule has 0 bridgehead atoms. The number of rotatable bonds is 4. The van der Waals surface area contributed by atoms with Gasteiger partial charge in [-0.2, -0.15) is 0 Å². The van der Waals surface area contributed by atoms with Crippen LogP contribution in [0.3, 0.4) is 0 Å². The molecule has 0 saturated heterocycles. The van der Waals surface area contributed by atoms with Gasteiger partial charge >= 0.3 is 5.97 Å². The topological polar surface area (TPSA) is 46.5 Å². The van der Waals surface area contributed by atoms with E-state index in [-0.39, 0.29) is 18.6 Å². The maximum atomic E-state index is 13.4. The highest BCUT2D eigenvalue weighted by molar-refractivity contribution is 6.30. The van der Waals surface area contributed by atoms with E-state index >= 15 is 0 Å². The molecule has 5 heteroatoms. The van der Waals surface area contributed by atoms with Crippen molar-refractivity contribution in [1.29, 1.82) is 0 Å². The predicted molar refractivity (Wildman–Crippen MR) is 60.3 cm³/mol. The van der Waals surface area contributed by atoms with Crippen LogP contribution in [0.25, 0.3) is 0 Å². The van der Waals surface area contributed by atoms with Crippen molar-refractivity contribution in [2.24, 2.45) is 5.92 Å². The molecule has 0 amide bonds. The van der Waals surface area contributed by atoms with E-state index in [4.69, 9.17) is 21.4 Å². The molecule has 2 rings (SSSR count). The zero-order chi connectivity index (χ0) is 12.4. The maximum Gasteiger partial charge on any atom is 0.306 e. The van der Waals surface area contributed by atoms with E-state index in [1.807, 2.05) is 0 Å². The second-order valence-electron chi connectivity index (χ2n) is 4.18. The van der Waals surface area contributed by atoms with E-state index in [9.17, 15) is 9.18 Å². The van der Waals surface area contributed by atoms with Gasteiger partial charge in [0, 0.05) is 10.6 Å². The highest BCUT2D eigenvalue weighted by Gasteiger charge is 2.35. The molecule has 0 aliphatic heterocycles. The van der Waals surface area contributed by atoms with Crippen molar-refractivity contribution in [3.05, 3.63) is 34.6 Å². The van der Waals surface area contributed by atoms with Crippen molar-refractivity contribution in [3.8, 4) is 0 Å². The van der Waals surface area contributed by atoms with Gasteiger partial charge in [0.2, 0.25) is 0 Å². The number of hydrogen-bond acceptors (Lipinski definition) is 2. The van der Waals surface area contributed by atoms with Gasteiger partial charge in [-0.15, -0.1) is 0 Å². The van der Waals surface area contributed by atoms with Crippen LogP contribution in [0, 0.1) is 11.7 Å². The van der Waals surface area contributed by atoms with Crippen LogP contribution in [-0.2, 0) is 16.1 Å². The summed E-state index contributed by atoms with van der Waals surface area (Å²) in [6, 6.07) is 4.41. The summed E-state index contributed by atoms with van der Waals surface area (Å²) in [4.78, 5) is 10.6. The van der Waals surface area contributed by atoms with Gasteiger partial charge in [-0.05, 0) is 25.0 Å². The Morgan fingerprint density at radius 1 is 1.53 bits per heavy atom. The van der Waals surface area contributed by atoms with E-state index in [0.29, 0.717) is 23.4 Å². The fourth-order valence-electron chi connectivity index (χ4n) is 1.75. The van der Waals surface area contributed by atoms with Crippen molar-refractivity contribution in [2.45, 2.75) is 25.6 Å². The van der Waals surface area contributed by atoms with Crippen LogP contribution >= 0.6 is 11.6 Å². The van der Waals surface area contributed by atoms with Gasteiger partial charge in [-0.25, -0.2) is 4.39 Å². The number of aliphatic carboxylic acids is 1. The number of carboxylic acids is 1. The molecule has 1 aliphatic rings. The molecule has 1 aliphatic carbocycles. The smallest absolute Gasteiger partial charge is 0.306 e. The standard InChI is InChI=1S/C12H12ClFO3/c13-9-2-1-7(11(14)5-9)6-17-10-3-8(4-10)12(15)16/h1-2,5,8,10H,3-4,6H2,(H,15,16)/t8-,10-. The van der Waals surface area contributed by atoms with Crippen molar-refractivity contribution < 1.29 is 19.0 Å². The van der Waals surface area contributed by atoms with Gasteiger partial charge < -0.3 is 9.84 Å².